The largest absolute Gasteiger partial charge is 0.439 e. The van der Waals surface area contributed by atoms with E-state index in [1.807, 2.05) is 13.0 Å². The average molecular weight is 731 g/mol. The maximum Gasteiger partial charge on any atom is 0.405 e. The van der Waals surface area contributed by atoms with Gasteiger partial charge in [0.1, 0.15) is 6.10 Å². The summed E-state index contributed by atoms with van der Waals surface area (Å²) in [5.41, 5.74) is 6.37. The zero-order chi connectivity index (χ0) is 39.0. The van der Waals surface area contributed by atoms with E-state index < -0.39 is 65.7 Å². The standard InChI is InChI=1S/C38H46N6O9/c1-20-16-26-32(41-37(49)31-24(5)42-44(43-31)25-13-9-8-10-14-25)28(45)19-27(34(26)47)40-36(48)21(2)12-11-15-29(51-6)35(53-38(39)50)23(4)18-22(3)33(46)30(17-20)52-7/h8-15,18-20,22,29-30,33,35,46H,16-17H2,1-7H3,(H2,39,50)(H,40,48)(H,41,49)/b15-11-,21-12+,23-18+/t20-,22+,29+,30+,33-,35-/m1/s1. The van der Waals surface area contributed by atoms with E-state index in [0.29, 0.717) is 17.0 Å². The van der Waals surface area contributed by atoms with E-state index in [4.69, 9.17) is 19.9 Å². The Morgan fingerprint density at radius 1 is 1.04 bits per heavy atom. The van der Waals surface area contributed by atoms with E-state index >= 15 is 0 Å². The number of ketones is 2. The molecule has 0 spiro atoms. The molecule has 2 bridgehead atoms. The Bertz CT molecular complexity index is 1890. The minimum atomic E-state index is -1.06. The van der Waals surface area contributed by atoms with Crippen LogP contribution < -0.4 is 16.4 Å². The lowest BCUT2D eigenvalue weighted by Crippen LogP contribution is -2.38. The number of rotatable bonds is 6. The highest BCUT2D eigenvalue weighted by molar-refractivity contribution is 6.24. The number of methoxy groups -OCH3 is 2. The lowest BCUT2D eigenvalue weighted by Gasteiger charge is -2.30. The van der Waals surface area contributed by atoms with Crippen LogP contribution >= 0.6 is 0 Å². The summed E-state index contributed by atoms with van der Waals surface area (Å²) in [6.07, 6.45) is 2.79. The molecule has 1 aromatic heterocycles. The molecule has 15 nitrogen and oxygen atoms in total. The number of Topliss-reactive ketones (excluding diaryl/α,β-unsaturated/α-hetero) is 1. The number of aromatic nitrogens is 3. The Hall–Kier alpha value is -5.51. The number of aryl methyl sites for hydroxylation is 1. The van der Waals surface area contributed by atoms with E-state index in [0.717, 1.165) is 6.08 Å². The van der Waals surface area contributed by atoms with Gasteiger partial charge in [-0.2, -0.15) is 9.90 Å². The summed E-state index contributed by atoms with van der Waals surface area (Å²) in [6, 6.07) is 8.95. The molecule has 5 N–H and O–H groups in total. The van der Waals surface area contributed by atoms with Crippen LogP contribution in [-0.4, -0.2) is 88.2 Å². The summed E-state index contributed by atoms with van der Waals surface area (Å²) in [7, 11) is 2.86. The first-order chi connectivity index (χ1) is 25.1. The zero-order valence-electron chi connectivity index (χ0n) is 30.8. The van der Waals surface area contributed by atoms with Gasteiger partial charge in [-0.3, -0.25) is 19.2 Å². The minimum Gasteiger partial charge on any atom is -0.439 e. The first kappa shape index (κ1) is 40.3. The van der Waals surface area contributed by atoms with Crippen molar-refractivity contribution in [3.05, 3.63) is 100 Å². The predicted octanol–water partition coefficient (Wildman–Crippen LogP) is 3.08. The number of nitrogens with two attached hydrogens (primary N) is 1. The minimum absolute atomic E-state index is 0.0273. The van der Waals surface area contributed by atoms with Crippen molar-refractivity contribution in [1.82, 2.24) is 25.6 Å². The highest BCUT2D eigenvalue weighted by atomic mass is 16.6. The molecule has 15 heteroatoms. The van der Waals surface area contributed by atoms with Crippen LogP contribution in [0.25, 0.3) is 5.69 Å². The average Bonchev–Trinajstić information content (AvgIpc) is 3.52. The van der Waals surface area contributed by atoms with Crippen molar-refractivity contribution in [2.45, 2.75) is 71.9 Å². The van der Waals surface area contributed by atoms with E-state index in [2.05, 4.69) is 20.8 Å². The van der Waals surface area contributed by atoms with Crippen LogP contribution in [0, 0.1) is 18.8 Å². The van der Waals surface area contributed by atoms with Gasteiger partial charge in [0, 0.05) is 37.4 Å². The van der Waals surface area contributed by atoms with E-state index in [9.17, 15) is 29.1 Å². The molecule has 3 amide bonds. The second kappa shape index (κ2) is 17.8. The summed E-state index contributed by atoms with van der Waals surface area (Å²) in [5, 5.41) is 25.2. The molecule has 1 aromatic carbocycles. The smallest absolute Gasteiger partial charge is 0.405 e. The van der Waals surface area contributed by atoms with Crippen LogP contribution in [0.1, 0.15) is 56.7 Å². The first-order valence-electron chi connectivity index (χ1n) is 17.0. The molecule has 6 atom stereocenters. The third-order valence-corrected chi connectivity index (χ3v) is 9.02. The molecule has 0 unspecified atom stereocenters. The number of fused-ring (bicyclic) bond motifs is 2. The monoisotopic (exact) mass is 730 g/mol. The Balaban J connectivity index is 1.74. The van der Waals surface area contributed by atoms with Crippen LogP contribution in [0.5, 0.6) is 0 Å². The molecule has 282 valence electrons. The molecule has 1 aliphatic heterocycles. The van der Waals surface area contributed by atoms with Crippen molar-refractivity contribution in [3.8, 4) is 5.69 Å². The van der Waals surface area contributed by atoms with Gasteiger partial charge < -0.3 is 35.7 Å². The van der Waals surface area contributed by atoms with Gasteiger partial charge in [-0.05, 0) is 57.2 Å². The van der Waals surface area contributed by atoms with E-state index in [1.165, 1.54) is 38.1 Å². The quantitative estimate of drug-likeness (QED) is 0.250. The number of para-hydroxylation sites is 1. The summed E-state index contributed by atoms with van der Waals surface area (Å²) >= 11 is 0. The molecule has 0 saturated heterocycles. The molecule has 4 rings (SSSR count). The fourth-order valence-electron chi connectivity index (χ4n) is 6.16. The number of carbonyl (C=O) groups excluding carboxylic acids is 5. The zero-order valence-corrected chi connectivity index (χ0v) is 30.8. The summed E-state index contributed by atoms with van der Waals surface area (Å²) < 4.78 is 16.7. The first-order valence-corrected chi connectivity index (χ1v) is 17.0. The number of aliphatic hydroxyl groups excluding tert-OH is 1. The van der Waals surface area contributed by atoms with E-state index in [-0.39, 0.29) is 41.1 Å². The van der Waals surface area contributed by atoms with Gasteiger partial charge in [-0.15, -0.1) is 5.10 Å². The van der Waals surface area contributed by atoms with Crippen molar-refractivity contribution in [2.24, 2.45) is 17.6 Å². The number of carbonyl (C=O) groups is 5. The summed E-state index contributed by atoms with van der Waals surface area (Å²) in [4.78, 5) is 67.7. The number of hydrogen-bond acceptors (Lipinski definition) is 11. The van der Waals surface area contributed by atoms with Gasteiger partial charge in [0.15, 0.2) is 11.8 Å². The Morgan fingerprint density at radius 2 is 1.74 bits per heavy atom. The molecule has 2 aromatic rings. The van der Waals surface area contributed by atoms with E-state index in [1.54, 1.807) is 57.2 Å². The molecule has 1 aliphatic carbocycles. The fraction of sp³-hybridized carbons (Fsp3) is 0.395. The second-order valence-corrected chi connectivity index (χ2v) is 13.1. The number of nitrogens with one attached hydrogen (secondary N) is 2. The number of aliphatic hydroxyl groups is 1. The van der Waals surface area contributed by atoms with Crippen molar-refractivity contribution in [3.63, 3.8) is 0 Å². The molecular formula is C38H46N6O9. The topological polar surface area (TPSA) is 214 Å². The summed E-state index contributed by atoms with van der Waals surface area (Å²) in [6.45, 7) is 8.39. The van der Waals surface area contributed by atoms with Gasteiger partial charge in [-0.25, -0.2) is 4.79 Å². The Morgan fingerprint density at radius 3 is 2.38 bits per heavy atom. The van der Waals surface area contributed by atoms with Gasteiger partial charge in [0.05, 0.1) is 35.0 Å². The number of amides is 3. The molecule has 0 saturated carbocycles. The number of hydrogen-bond donors (Lipinski definition) is 4. The predicted molar refractivity (Wildman–Crippen MR) is 193 cm³/mol. The number of benzene rings is 1. The van der Waals surface area contributed by atoms with Crippen LogP contribution in [-0.2, 0) is 28.6 Å². The molecule has 53 heavy (non-hydrogen) atoms. The normalized spacial score (nSPS) is 27.5. The molecule has 2 aliphatic rings. The van der Waals surface area contributed by atoms with Crippen molar-refractivity contribution in [1.29, 1.82) is 0 Å². The molecule has 0 fully saturated rings. The fourth-order valence-corrected chi connectivity index (χ4v) is 6.16. The van der Waals surface area contributed by atoms with Gasteiger partial charge >= 0.3 is 6.09 Å². The maximum atomic E-state index is 14.0. The number of nitrogens with zero attached hydrogens (tertiary/aromatic N) is 3. The van der Waals surface area contributed by atoms with Gasteiger partial charge in [-0.1, -0.05) is 56.4 Å². The third-order valence-electron chi connectivity index (χ3n) is 9.02. The number of allylic oxidation sites excluding steroid dienone is 4. The highest BCUT2D eigenvalue weighted by Crippen LogP contribution is 2.29. The molecule has 0 radical (unpaired) electrons. The Kier molecular flexibility index (Phi) is 13.5. The summed E-state index contributed by atoms with van der Waals surface area (Å²) in [5.74, 6) is -3.71. The van der Waals surface area contributed by atoms with Crippen molar-refractivity contribution >= 4 is 29.5 Å². The van der Waals surface area contributed by atoms with Crippen molar-refractivity contribution in [2.75, 3.05) is 14.2 Å². The van der Waals surface area contributed by atoms with Gasteiger partial charge in [0.2, 0.25) is 11.6 Å². The SMILES string of the molecule is CO[C@H]1/C=C\C=C(/C)C(=O)NC2=CC(=O)C(NC(=O)c3nn(-c4ccccc4)nc3C)=C(C[C@@H](C)C[C@H](OC)[C@H](O)[C@@H](C)/C=C(\C)[C@H]1OC(N)=O)C2=O. The lowest BCUT2D eigenvalue weighted by atomic mass is 9.85. The van der Waals surface area contributed by atoms with Crippen LogP contribution in [0.4, 0.5) is 4.79 Å². The Labute approximate surface area is 307 Å². The lowest BCUT2D eigenvalue weighted by molar-refractivity contribution is -0.120. The van der Waals surface area contributed by atoms with Crippen LogP contribution in [0.2, 0.25) is 0 Å². The number of ether oxygens (including phenoxy) is 3. The molecule has 2 heterocycles. The molecular weight excluding hydrogens is 684 g/mol. The van der Waals surface area contributed by atoms with Crippen LogP contribution in [0.3, 0.4) is 0 Å². The third kappa shape index (κ3) is 9.88. The van der Waals surface area contributed by atoms with Gasteiger partial charge in [0.25, 0.3) is 11.8 Å². The second-order valence-electron chi connectivity index (χ2n) is 13.1. The highest BCUT2D eigenvalue weighted by Gasteiger charge is 2.35. The number of primary amides is 1. The maximum absolute atomic E-state index is 14.0. The van der Waals surface area contributed by atoms with Crippen LogP contribution in [0.15, 0.2) is 88.8 Å². The van der Waals surface area contributed by atoms with Crippen molar-refractivity contribution < 1.29 is 43.3 Å².